The van der Waals surface area contributed by atoms with Gasteiger partial charge in [0.2, 0.25) is 0 Å². The van der Waals surface area contributed by atoms with Gasteiger partial charge in [-0.25, -0.2) is 0 Å². The summed E-state index contributed by atoms with van der Waals surface area (Å²) in [4.78, 5) is 0. The fourth-order valence-corrected chi connectivity index (χ4v) is 3.31. The van der Waals surface area contributed by atoms with E-state index in [1.807, 2.05) is 0 Å². The molecule has 3 rings (SSSR count). The Morgan fingerprint density at radius 2 is 1.87 bits per heavy atom. The summed E-state index contributed by atoms with van der Waals surface area (Å²) < 4.78 is 11.4. The zero-order valence-corrected chi connectivity index (χ0v) is 9.77. The zero-order valence-electron chi connectivity index (χ0n) is 9.77. The molecule has 0 aromatic carbocycles. The molecule has 0 amide bonds. The van der Waals surface area contributed by atoms with Gasteiger partial charge in [0.1, 0.15) is 5.72 Å². The molecular formula is C12H21NO2. The molecule has 2 saturated heterocycles. The Hall–Kier alpha value is -0.120. The summed E-state index contributed by atoms with van der Waals surface area (Å²) in [5.41, 5.74) is 0.639. The lowest BCUT2D eigenvalue weighted by Crippen LogP contribution is -2.71. The molecule has 2 aliphatic heterocycles. The molecular weight excluding hydrogens is 190 g/mol. The van der Waals surface area contributed by atoms with Crippen molar-refractivity contribution < 1.29 is 9.47 Å². The second-order valence-corrected chi connectivity index (χ2v) is 6.33. The molecule has 0 bridgehead atoms. The maximum Gasteiger partial charge on any atom is 0.120 e. The van der Waals surface area contributed by atoms with E-state index in [0.29, 0.717) is 5.41 Å². The van der Waals surface area contributed by atoms with E-state index in [4.69, 9.17) is 9.47 Å². The van der Waals surface area contributed by atoms with Gasteiger partial charge in [-0.2, -0.15) is 0 Å². The van der Waals surface area contributed by atoms with Crippen LogP contribution in [0.4, 0.5) is 0 Å². The summed E-state index contributed by atoms with van der Waals surface area (Å²) in [6.07, 6.45) is 4.66. The Bertz CT molecular complexity index is 273. The Labute approximate surface area is 91.5 Å². The minimum absolute atomic E-state index is 0.0362. The zero-order chi connectivity index (χ0) is 10.6. The van der Waals surface area contributed by atoms with Crippen molar-refractivity contribution in [1.82, 2.24) is 5.32 Å². The van der Waals surface area contributed by atoms with Crippen molar-refractivity contribution in [2.75, 3.05) is 19.8 Å². The van der Waals surface area contributed by atoms with E-state index in [1.165, 1.54) is 6.42 Å². The van der Waals surface area contributed by atoms with Gasteiger partial charge in [-0.15, -0.1) is 0 Å². The third-order valence-electron chi connectivity index (χ3n) is 4.18. The van der Waals surface area contributed by atoms with Gasteiger partial charge in [-0.1, -0.05) is 13.8 Å². The van der Waals surface area contributed by atoms with Crippen LogP contribution >= 0.6 is 0 Å². The Balaban J connectivity index is 1.76. The molecule has 0 aromatic rings. The van der Waals surface area contributed by atoms with Crippen LogP contribution in [0.1, 0.15) is 39.5 Å². The molecule has 86 valence electrons. The van der Waals surface area contributed by atoms with E-state index in [9.17, 15) is 0 Å². The lowest BCUT2D eigenvalue weighted by atomic mass is 9.87. The van der Waals surface area contributed by atoms with Crippen molar-refractivity contribution in [3.05, 3.63) is 0 Å². The van der Waals surface area contributed by atoms with Crippen LogP contribution in [0, 0.1) is 5.41 Å². The van der Waals surface area contributed by atoms with Gasteiger partial charge < -0.3 is 9.47 Å². The molecule has 0 radical (unpaired) electrons. The van der Waals surface area contributed by atoms with Crippen molar-refractivity contribution >= 4 is 0 Å². The van der Waals surface area contributed by atoms with Crippen LogP contribution in [0.2, 0.25) is 0 Å². The first-order valence-corrected chi connectivity index (χ1v) is 6.05. The lowest BCUT2D eigenvalue weighted by Gasteiger charge is -2.52. The normalized spacial score (nSPS) is 42.0. The number of rotatable bonds is 0. The first kappa shape index (κ1) is 10.1. The van der Waals surface area contributed by atoms with E-state index in [0.717, 1.165) is 39.1 Å². The minimum Gasteiger partial charge on any atom is -0.377 e. The standard InChI is InChI=1S/C12H21NO2/c1-10(2)3-4-12(7-10)13-11(5-6-15-12)8-14-9-11/h13H,3-9H2,1-2H3. The van der Waals surface area contributed by atoms with E-state index in [2.05, 4.69) is 19.2 Å². The summed E-state index contributed by atoms with van der Waals surface area (Å²) in [6.45, 7) is 7.32. The fraction of sp³-hybridized carbons (Fsp3) is 1.00. The topological polar surface area (TPSA) is 30.5 Å². The third kappa shape index (κ3) is 1.61. The third-order valence-corrected chi connectivity index (χ3v) is 4.18. The van der Waals surface area contributed by atoms with Gasteiger partial charge in [-0.3, -0.25) is 5.32 Å². The van der Waals surface area contributed by atoms with Crippen molar-refractivity contribution in [3.63, 3.8) is 0 Å². The highest BCUT2D eigenvalue weighted by atomic mass is 16.5. The van der Waals surface area contributed by atoms with Gasteiger partial charge in [0, 0.05) is 0 Å². The molecule has 3 nitrogen and oxygen atoms in total. The molecule has 1 aliphatic carbocycles. The Morgan fingerprint density at radius 1 is 1.07 bits per heavy atom. The van der Waals surface area contributed by atoms with Crippen LogP contribution in [-0.2, 0) is 9.47 Å². The van der Waals surface area contributed by atoms with Crippen LogP contribution in [0.3, 0.4) is 0 Å². The van der Waals surface area contributed by atoms with Crippen LogP contribution in [0.15, 0.2) is 0 Å². The first-order chi connectivity index (χ1) is 7.04. The maximum absolute atomic E-state index is 6.03. The van der Waals surface area contributed by atoms with Crippen LogP contribution < -0.4 is 5.32 Å². The average molecular weight is 211 g/mol. The molecule has 3 heteroatoms. The molecule has 2 spiro atoms. The second-order valence-electron chi connectivity index (χ2n) is 6.33. The van der Waals surface area contributed by atoms with Crippen molar-refractivity contribution in [1.29, 1.82) is 0 Å². The molecule has 1 atom stereocenters. The average Bonchev–Trinajstić information content (AvgIpc) is 2.39. The van der Waals surface area contributed by atoms with Gasteiger partial charge in [0.25, 0.3) is 0 Å². The highest BCUT2D eigenvalue weighted by molar-refractivity contribution is 5.05. The summed E-state index contributed by atoms with van der Waals surface area (Å²) in [5, 5.41) is 3.75. The lowest BCUT2D eigenvalue weighted by molar-refractivity contribution is -0.196. The Morgan fingerprint density at radius 3 is 2.40 bits per heavy atom. The summed E-state index contributed by atoms with van der Waals surface area (Å²) in [6, 6.07) is 0. The predicted molar refractivity (Wildman–Crippen MR) is 57.6 cm³/mol. The SMILES string of the molecule is CC1(C)CCC2(C1)NC1(CCO2)COC1. The summed E-state index contributed by atoms with van der Waals surface area (Å²) >= 11 is 0. The predicted octanol–water partition coefficient (Wildman–Crippen LogP) is 1.67. The van der Waals surface area contributed by atoms with Crippen molar-refractivity contribution in [3.8, 4) is 0 Å². The molecule has 3 aliphatic rings. The van der Waals surface area contributed by atoms with E-state index >= 15 is 0 Å². The van der Waals surface area contributed by atoms with E-state index < -0.39 is 0 Å². The molecule has 1 N–H and O–H groups in total. The maximum atomic E-state index is 6.03. The number of hydrogen-bond acceptors (Lipinski definition) is 3. The molecule has 1 saturated carbocycles. The molecule has 0 aromatic heterocycles. The minimum atomic E-state index is -0.0362. The summed E-state index contributed by atoms with van der Waals surface area (Å²) in [5.74, 6) is 0. The number of hydrogen-bond donors (Lipinski definition) is 1. The summed E-state index contributed by atoms with van der Waals surface area (Å²) in [7, 11) is 0. The molecule has 15 heavy (non-hydrogen) atoms. The van der Waals surface area contributed by atoms with Crippen molar-refractivity contribution in [2.45, 2.75) is 50.8 Å². The quantitative estimate of drug-likeness (QED) is 0.661. The molecule has 3 fully saturated rings. The number of ether oxygens (including phenoxy) is 2. The Kier molecular flexibility index (Phi) is 1.99. The van der Waals surface area contributed by atoms with E-state index in [-0.39, 0.29) is 11.3 Å². The highest BCUT2D eigenvalue weighted by Crippen LogP contribution is 2.47. The van der Waals surface area contributed by atoms with Gasteiger partial charge in [0.15, 0.2) is 0 Å². The van der Waals surface area contributed by atoms with Gasteiger partial charge in [0.05, 0.1) is 25.4 Å². The van der Waals surface area contributed by atoms with Gasteiger partial charge >= 0.3 is 0 Å². The van der Waals surface area contributed by atoms with Crippen molar-refractivity contribution in [2.24, 2.45) is 5.41 Å². The van der Waals surface area contributed by atoms with E-state index in [1.54, 1.807) is 0 Å². The smallest absolute Gasteiger partial charge is 0.120 e. The number of nitrogens with one attached hydrogen (secondary N) is 1. The first-order valence-electron chi connectivity index (χ1n) is 6.05. The van der Waals surface area contributed by atoms with Crippen LogP contribution in [-0.4, -0.2) is 31.1 Å². The van der Waals surface area contributed by atoms with Crippen LogP contribution in [0.5, 0.6) is 0 Å². The molecule has 2 heterocycles. The highest BCUT2D eigenvalue weighted by Gasteiger charge is 2.53. The van der Waals surface area contributed by atoms with Gasteiger partial charge in [-0.05, 0) is 31.1 Å². The second kappa shape index (κ2) is 2.96. The molecule has 1 unspecified atom stereocenters. The van der Waals surface area contributed by atoms with Crippen LogP contribution in [0.25, 0.3) is 0 Å². The largest absolute Gasteiger partial charge is 0.377 e. The monoisotopic (exact) mass is 211 g/mol. The fourth-order valence-electron chi connectivity index (χ4n) is 3.31.